The molecule has 22 heavy (non-hydrogen) atoms. The summed E-state index contributed by atoms with van der Waals surface area (Å²) in [5, 5.41) is 3.51. The monoisotopic (exact) mass is 344 g/mol. The van der Waals surface area contributed by atoms with Crippen molar-refractivity contribution >= 4 is 27.3 Å². The molecule has 1 aliphatic rings. The van der Waals surface area contributed by atoms with E-state index >= 15 is 0 Å². The number of hydrogen-bond donors (Lipinski definition) is 1. The zero-order valence-corrected chi connectivity index (χ0v) is 14.3. The minimum atomic E-state index is -2.94. The molecule has 1 fully saturated rings. The fourth-order valence-corrected chi connectivity index (χ4v) is 4.77. The molecule has 0 bridgehead atoms. The van der Waals surface area contributed by atoms with Gasteiger partial charge in [0.25, 0.3) is 0 Å². The lowest BCUT2D eigenvalue weighted by atomic mass is 10.1. The average molecular weight is 345 g/mol. The Bertz CT molecular complexity index is 648. The minimum absolute atomic E-state index is 0.0774. The fraction of sp³-hybridized carbons (Fsp3) is 0.533. The third-order valence-corrected chi connectivity index (χ3v) is 6.07. The van der Waals surface area contributed by atoms with Gasteiger partial charge in [-0.3, -0.25) is 9.69 Å². The Morgan fingerprint density at radius 3 is 2.73 bits per heavy atom. The van der Waals surface area contributed by atoms with Crippen LogP contribution in [0.5, 0.6) is 0 Å². The van der Waals surface area contributed by atoms with E-state index in [2.05, 4.69) is 5.32 Å². The fourth-order valence-electron chi connectivity index (χ4n) is 2.67. The van der Waals surface area contributed by atoms with Crippen molar-refractivity contribution < 1.29 is 13.2 Å². The predicted molar refractivity (Wildman–Crippen MR) is 87.7 cm³/mol. The molecule has 0 saturated carbocycles. The quantitative estimate of drug-likeness (QED) is 0.881. The molecule has 0 aromatic heterocycles. The maximum atomic E-state index is 12.1. The summed E-state index contributed by atoms with van der Waals surface area (Å²) in [6, 6.07) is 7.11. The van der Waals surface area contributed by atoms with E-state index in [-0.39, 0.29) is 36.0 Å². The van der Waals surface area contributed by atoms with Crippen LogP contribution < -0.4 is 5.32 Å². The molecule has 5 nitrogen and oxygen atoms in total. The number of amides is 1. The molecule has 1 aromatic rings. The number of nitrogens with zero attached hydrogens (tertiary/aromatic N) is 1. The average Bonchev–Trinajstić information content (AvgIpc) is 2.79. The Morgan fingerprint density at radius 1 is 1.45 bits per heavy atom. The summed E-state index contributed by atoms with van der Waals surface area (Å²) in [7, 11) is -1.16. The van der Waals surface area contributed by atoms with Crippen LogP contribution in [0.1, 0.15) is 24.9 Å². The van der Waals surface area contributed by atoms with Crippen LogP contribution in [-0.2, 0) is 14.6 Å². The largest absolute Gasteiger partial charge is 0.348 e. The molecule has 1 amide bonds. The number of hydrogen-bond acceptors (Lipinski definition) is 4. The smallest absolute Gasteiger partial charge is 0.234 e. The molecule has 2 unspecified atom stereocenters. The Balaban J connectivity index is 1.89. The molecule has 2 atom stereocenters. The highest BCUT2D eigenvalue weighted by molar-refractivity contribution is 7.91. The summed E-state index contributed by atoms with van der Waals surface area (Å²) < 4.78 is 23.0. The number of halogens is 1. The zero-order valence-electron chi connectivity index (χ0n) is 12.8. The van der Waals surface area contributed by atoms with E-state index in [4.69, 9.17) is 11.6 Å². The number of carbonyl (C=O) groups excluding carboxylic acids is 1. The van der Waals surface area contributed by atoms with Crippen molar-refractivity contribution in [3.05, 3.63) is 34.9 Å². The molecule has 0 spiro atoms. The van der Waals surface area contributed by atoms with Crippen LogP contribution >= 0.6 is 11.6 Å². The molecule has 0 radical (unpaired) electrons. The van der Waals surface area contributed by atoms with E-state index in [0.29, 0.717) is 11.4 Å². The molecular formula is C15H21ClN2O3S. The van der Waals surface area contributed by atoms with Crippen LogP contribution in [0, 0.1) is 0 Å². The van der Waals surface area contributed by atoms with E-state index in [1.807, 2.05) is 25.1 Å². The highest BCUT2D eigenvalue weighted by Crippen LogP contribution is 2.22. The van der Waals surface area contributed by atoms with Crippen molar-refractivity contribution in [2.75, 3.05) is 25.1 Å². The lowest BCUT2D eigenvalue weighted by Gasteiger charge is -2.23. The molecule has 0 aliphatic carbocycles. The van der Waals surface area contributed by atoms with Gasteiger partial charge in [-0.25, -0.2) is 8.42 Å². The van der Waals surface area contributed by atoms with E-state index in [1.165, 1.54) is 0 Å². The van der Waals surface area contributed by atoms with Gasteiger partial charge in [-0.1, -0.05) is 29.8 Å². The maximum absolute atomic E-state index is 12.1. The number of carbonyl (C=O) groups is 1. The van der Waals surface area contributed by atoms with Crippen molar-refractivity contribution in [3.8, 4) is 0 Å². The normalized spacial score (nSPS) is 21.7. The summed E-state index contributed by atoms with van der Waals surface area (Å²) >= 11 is 6.11. The summed E-state index contributed by atoms with van der Waals surface area (Å²) in [6.45, 7) is 2.05. The van der Waals surface area contributed by atoms with E-state index in [0.717, 1.165) is 5.56 Å². The summed E-state index contributed by atoms with van der Waals surface area (Å²) in [5.74, 6) is 0.204. The van der Waals surface area contributed by atoms with Crippen molar-refractivity contribution in [1.82, 2.24) is 10.2 Å². The molecule has 1 N–H and O–H groups in total. The third kappa shape index (κ3) is 4.44. The molecule has 2 rings (SSSR count). The first-order valence-corrected chi connectivity index (χ1v) is 9.43. The number of sulfone groups is 1. The second-order valence-electron chi connectivity index (χ2n) is 5.78. The van der Waals surface area contributed by atoms with Crippen LogP contribution in [-0.4, -0.2) is 50.4 Å². The van der Waals surface area contributed by atoms with Gasteiger partial charge in [0, 0.05) is 11.1 Å². The lowest BCUT2D eigenvalue weighted by molar-refractivity contribution is -0.123. The molecular weight excluding hydrogens is 324 g/mol. The second kappa shape index (κ2) is 6.98. The second-order valence-corrected chi connectivity index (χ2v) is 8.42. The van der Waals surface area contributed by atoms with E-state index in [1.54, 1.807) is 18.0 Å². The maximum Gasteiger partial charge on any atom is 0.234 e. The van der Waals surface area contributed by atoms with Crippen LogP contribution in [0.4, 0.5) is 0 Å². The van der Waals surface area contributed by atoms with Gasteiger partial charge in [-0.05, 0) is 32.0 Å². The first kappa shape index (κ1) is 17.2. The Hall–Kier alpha value is -1.11. The van der Waals surface area contributed by atoms with Gasteiger partial charge in [0.2, 0.25) is 5.91 Å². The molecule has 1 heterocycles. The third-order valence-electron chi connectivity index (χ3n) is 3.97. The lowest BCUT2D eigenvalue weighted by Crippen LogP contribution is -2.41. The van der Waals surface area contributed by atoms with Crippen molar-refractivity contribution in [2.45, 2.75) is 25.4 Å². The summed E-state index contributed by atoms with van der Waals surface area (Å²) in [4.78, 5) is 13.9. The Labute approximate surface area is 136 Å². The van der Waals surface area contributed by atoms with Gasteiger partial charge in [-0.2, -0.15) is 0 Å². The van der Waals surface area contributed by atoms with Crippen molar-refractivity contribution in [1.29, 1.82) is 0 Å². The molecule has 1 aliphatic heterocycles. The minimum Gasteiger partial charge on any atom is -0.348 e. The highest BCUT2D eigenvalue weighted by atomic mass is 35.5. The first-order valence-electron chi connectivity index (χ1n) is 7.23. The first-order chi connectivity index (χ1) is 10.3. The molecule has 122 valence electrons. The van der Waals surface area contributed by atoms with E-state index in [9.17, 15) is 13.2 Å². The van der Waals surface area contributed by atoms with Crippen molar-refractivity contribution in [2.24, 2.45) is 0 Å². The van der Waals surface area contributed by atoms with Crippen LogP contribution in [0.2, 0.25) is 5.02 Å². The van der Waals surface area contributed by atoms with Gasteiger partial charge in [-0.15, -0.1) is 0 Å². The van der Waals surface area contributed by atoms with Gasteiger partial charge in [0.15, 0.2) is 9.84 Å². The SMILES string of the molecule is CC(NC(=O)CN(C)C1CCS(=O)(=O)C1)c1ccccc1Cl. The standard InChI is InChI=1S/C15H21ClN2O3S/c1-11(13-5-3-4-6-14(13)16)17-15(19)9-18(2)12-7-8-22(20,21)10-12/h3-6,11-12H,7-10H2,1-2H3,(H,17,19). The Morgan fingerprint density at radius 2 is 2.14 bits per heavy atom. The summed E-state index contributed by atoms with van der Waals surface area (Å²) in [6.07, 6.45) is 0.589. The highest BCUT2D eigenvalue weighted by Gasteiger charge is 2.31. The van der Waals surface area contributed by atoms with Crippen LogP contribution in [0.3, 0.4) is 0 Å². The molecule has 1 aromatic carbocycles. The number of rotatable bonds is 5. The number of nitrogens with one attached hydrogen (secondary N) is 1. The summed E-state index contributed by atoms with van der Waals surface area (Å²) in [5.41, 5.74) is 0.864. The van der Waals surface area contributed by atoms with Gasteiger partial charge in [0.05, 0.1) is 24.1 Å². The zero-order chi connectivity index (χ0) is 16.3. The Kier molecular flexibility index (Phi) is 5.47. The molecule has 1 saturated heterocycles. The van der Waals surface area contributed by atoms with Gasteiger partial charge in [0.1, 0.15) is 0 Å². The van der Waals surface area contributed by atoms with Crippen LogP contribution in [0.25, 0.3) is 0 Å². The number of benzene rings is 1. The molecule has 7 heteroatoms. The van der Waals surface area contributed by atoms with Gasteiger partial charge < -0.3 is 5.32 Å². The van der Waals surface area contributed by atoms with Crippen LogP contribution in [0.15, 0.2) is 24.3 Å². The van der Waals surface area contributed by atoms with E-state index < -0.39 is 9.84 Å². The van der Waals surface area contributed by atoms with Crippen molar-refractivity contribution in [3.63, 3.8) is 0 Å². The van der Waals surface area contributed by atoms with Gasteiger partial charge >= 0.3 is 0 Å². The topological polar surface area (TPSA) is 66.5 Å². The number of likely N-dealkylation sites (N-methyl/N-ethyl adjacent to an activating group) is 1. The predicted octanol–water partition coefficient (Wildman–Crippen LogP) is 1.64.